The lowest BCUT2D eigenvalue weighted by Gasteiger charge is -2.33. The fraction of sp³-hybridized carbons (Fsp3) is 0.450. The molecule has 2 aliphatic rings. The largest absolute Gasteiger partial charge is 0.338 e. The first-order valence-corrected chi connectivity index (χ1v) is 11.9. The van der Waals surface area contributed by atoms with Gasteiger partial charge in [0.05, 0.1) is 4.91 Å². The first-order chi connectivity index (χ1) is 13.5. The van der Waals surface area contributed by atoms with Gasteiger partial charge in [0.2, 0.25) is 10.0 Å². The summed E-state index contributed by atoms with van der Waals surface area (Å²) in [5.41, 5.74) is 2.57. The van der Waals surface area contributed by atoms with Crippen LogP contribution in [-0.2, 0) is 25.6 Å². The topological polar surface area (TPSA) is 96.9 Å². The molecule has 0 amide bonds. The highest BCUT2D eigenvalue weighted by Crippen LogP contribution is 2.42. The van der Waals surface area contributed by atoms with E-state index in [9.17, 15) is 12.6 Å². The molecule has 0 spiro atoms. The molecule has 0 bridgehead atoms. The Hall–Kier alpha value is -1.97. The molecule has 29 heavy (non-hydrogen) atoms. The molecule has 0 unspecified atom stereocenters. The Bertz CT molecular complexity index is 952. The molecular weight excluding hydrogens is 410 g/mol. The van der Waals surface area contributed by atoms with Crippen LogP contribution in [0.3, 0.4) is 0 Å². The van der Waals surface area contributed by atoms with Gasteiger partial charge in [-0.15, -0.1) is 0 Å². The summed E-state index contributed by atoms with van der Waals surface area (Å²) >= 11 is -1.60. The summed E-state index contributed by atoms with van der Waals surface area (Å²) in [4.78, 5) is 0.485. The van der Waals surface area contributed by atoms with Gasteiger partial charge < -0.3 is 0 Å². The van der Waals surface area contributed by atoms with Gasteiger partial charge in [-0.05, 0) is 68.0 Å². The van der Waals surface area contributed by atoms with Gasteiger partial charge in [-0.1, -0.05) is 49.8 Å². The summed E-state index contributed by atoms with van der Waals surface area (Å²) in [5.74, 6) is 0.413. The van der Waals surface area contributed by atoms with E-state index in [2.05, 4.69) is 32.7 Å². The summed E-state index contributed by atoms with van der Waals surface area (Å²) in [7, 11) is -1.99. The van der Waals surface area contributed by atoms with E-state index in [-0.39, 0.29) is 5.41 Å². The Morgan fingerprint density at radius 1 is 1.28 bits per heavy atom. The van der Waals surface area contributed by atoms with Crippen molar-refractivity contribution in [3.63, 3.8) is 0 Å². The quantitative estimate of drug-likeness (QED) is 0.593. The number of hydrogen-bond acceptors (Lipinski definition) is 5. The molecule has 0 radical (unpaired) electrons. The highest BCUT2D eigenvalue weighted by molar-refractivity contribution is 7.93. The number of oxime groups is 1. The molecule has 0 saturated carbocycles. The van der Waals surface area contributed by atoms with Crippen molar-refractivity contribution in [1.29, 1.82) is 0 Å². The van der Waals surface area contributed by atoms with Crippen LogP contribution < -0.4 is 9.44 Å². The molecule has 0 saturated heterocycles. The molecule has 1 aliphatic heterocycles. The van der Waals surface area contributed by atoms with E-state index >= 15 is 0 Å². The highest BCUT2D eigenvalue weighted by Gasteiger charge is 2.33. The van der Waals surface area contributed by atoms with E-state index in [1.54, 1.807) is 6.08 Å². The van der Waals surface area contributed by atoms with Crippen molar-refractivity contribution in [2.24, 2.45) is 10.6 Å². The van der Waals surface area contributed by atoms with E-state index < -0.39 is 21.3 Å². The minimum atomic E-state index is -3.44. The van der Waals surface area contributed by atoms with Crippen molar-refractivity contribution >= 4 is 27.1 Å². The highest BCUT2D eigenvalue weighted by atomic mass is 32.2. The molecule has 1 atom stereocenters. The van der Waals surface area contributed by atoms with Crippen LogP contribution in [0.25, 0.3) is 0 Å². The van der Waals surface area contributed by atoms with Crippen molar-refractivity contribution in [3.05, 3.63) is 58.1 Å². The van der Waals surface area contributed by atoms with Gasteiger partial charge in [-0.2, -0.15) is 4.21 Å². The van der Waals surface area contributed by atoms with Gasteiger partial charge in [0, 0.05) is 0 Å². The van der Waals surface area contributed by atoms with Crippen LogP contribution >= 0.6 is 0 Å². The Labute approximate surface area is 176 Å². The van der Waals surface area contributed by atoms with Gasteiger partial charge in [0.25, 0.3) is 0 Å². The van der Waals surface area contributed by atoms with E-state index in [0.717, 1.165) is 29.6 Å². The number of hydrogen-bond donors (Lipinski definition) is 2. The van der Waals surface area contributed by atoms with Crippen LogP contribution in [0.5, 0.6) is 0 Å². The van der Waals surface area contributed by atoms with E-state index in [4.69, 9.17) is 0 Å². The Morgan fingerprint density at radius 3 is 2.62 bits per heavy atom. The Balaban J connectivity index is 2.17. The fourth-order valence-corrected chi connectivity index (χ4v) is 4.94. The second kappa shape index (κ2) is 9.69. The minimum absolute atomic E-state index is 0.194. The van der Waals surface area contributed by atoms with Gasteiger partial charge in [-0.3, -0.25) is 9.01 Å². The van der Waals surface area contributed by atoms with Crippen LogP contribution in [0.2, 0.25) is 0 Å². The lowest BCUT2D eigenvalue weighted by Crippen LogP contribution is -2.28. The molecule has 2 rings (SSSR count). The molecule has 0 fully saturated rings. The average Bonchev–Trinajstić information content (AvgIpc) is 3.04. The van der Waals surface area contributed by atoms with Crippen molar-refractivity contribution in [2.45, 2.75) is 47.0 Å². The van der Waals surface area contributed by atoms with Crippen molar-refractivity contribution in [2.75, 3.05) is 7.05 Å². The van der Waals surface area contributed by atoms with E-state index in [1.807, 2.05) is 44.2 Å². The number of nitrogens with one attached hydrogen (secondary N) is 2. The van der Waals surface area contributed by atoms with Gasteiger partial charge in [0.15, 0.2) is 5.84 Å². The normalized spacial score (nSPS) is 23.5. The smallest absolute Gasteiger partial charge is 0.269 e. The second-order valence-electron chi connectivity index (χ2n) is 7.66. The predicted octanol–water partition coefficient (Wildman–Crippen LogP) is 3.52. The first-order valence-electron chi connectivity index (χ1n) is 9.37. The third-order valence-corrected chi connectivity index (χ3v) is 7.01. The third-order valence-electron chi connectivity index (χ3n) is 4.81. The number of sulfonamides is 1. The molecular formula is C20H29N3O4S2. The standard InChI is InChI=1S/C20H29N3O4S2/c1-15(8-6-9-16(2)14-19-22-27-28(24)23-19)11-12-17-18(29(25,26)21-5)10-7-13-20(17,3)4/h6,8-9,11-12,14,21H,7,10,13H2,1-5H3,(H,22,23)/b9-6+,12-11+,15-8+,16-14+/t28-/m1/s1. The molecule has 9 heteroatoms. The molecule has 0 aromatic rings. The molecule has 7 nitrogen and oxygen atoms in total. The van der Waals surface area contributed by atoms with Crippen LogP contribution in [-0.4, -0.2) is 25.5 Å². The summed E-state index contributed by atoms with van der Waals surface area (Å²) in [6.45, 7) is 8.02. The number of amidine groups is 1. The molecule has 160 valence electrons. The van der Waals surface area contributed by atoms with Crippen molar-refractivity contribution in [3.8, 4) is 0 Å². The zero-order chi connectivity index (χ0) is 21.7. The van der Waals surface area contributed by atoms with Crippen LogP contribution in [0.4, 0.5) is 0 Å². The predicted molar refractivity (Wildman–Crippen MR) is 118 cm³/mol. The van der Waals surface area contributed by atoms with Crippen molar-refractivity contribution < 1.29 is 16.9 Å². The van der Waals surface area contributed by atoms with Gasteiger partial charge in [-0.25, -0.2) is 13.1 Å². The second-order valence-corrected chi connectivity index (χ2v) is 10.4. The lowest BCUT2D eigenvalue weighted by atomic mass is 9.75. The zero-order valence-corrected chi connectivity index (χ0v) is 19.1. The van der Waals surface area contributed by atoms with Gasteiger partial charge >= 0.3 is 11.3 Å². The zero-order valence-electron chi connectivity index (χ0n) is 17.5. The summed E-state index contributed by atoms with van der Waals surface area (Å²) in [5, 5.41) is 3.64. The maximum absolute atomic E-state index is 12.4. The summed E-state index contributed by atoms with van der Waals surface area (Å²) in [6, 6.07) is 0. The van der Waals surface area contributed by atoms with E-state index in [1.165, 1.54) is 7.05 Å². The SMILES string of the molecule is CNS(=O)(=O)C1=C(/C=C/C(C)=C/C=C/C(C)=C/C2=NO[S@@](=O)N2)C(C)(C)CCC1. The van der Waals surface area contributed by atoms with Crippen LogP contribution in [0.1, 0.15) is 47.0 Å². The fourth-order valence-electron chi connectivity index (χ4n) is 3.20. The monoisotopic (exact) mass is 439 g/mol. The number of nitrogens with zero attached hydrogens (tertiary/aromatic N) is 1. The molecule has 1 heterocycles. The maximum Gasteiger partial charge on any atom is 0.338 e. The molecule has 2 N–H and O–H groups in total. The summed E-state index contributed by atoms with van der Waals surface area (Å²) in [6.07, 6.45) is 13.7. The molecule has 0 aromatic carbocycles. The third kappa shape index (κ3) is 6.52. The lowest BCUT2D eigenvalue weighted by molar-refractivity contribution is 0.381. The number of rotatable bonds is 7. The average molecular weight is 440 g/mol. The molecule has 1 aliphatic carbocycles. The van der Waals surface area contributed by atoms with Crippen LogP contribution in [0.15, 0.2) is 63.2 Å². The first kappa shape index (κ1) is 23.3. The number of allylic oxidation sites excluding steroid dienone is 9. The van der Waals surface area contributed by atoms with E-state index in [0.29, 0.717) is 17.2 Å². The summed E-state index contributed by atoms with van der Waals surface area (Å²) < 4.78 is 45.5. The van der Waals surface area contributed by atoms with Gasteiger partial charge in [0.1, 0.15) is 0 Å². The maximum atomic E-state index is 12.4. The van der Waals surface area contributed by atoms with Crippen molar-refractivity contribution in [1.82, 2.24) is 9.44 Å². The Kier molecular flexibility index (Phi) is 7.79. The molecule has 0 aromatic heterocycles. The van der Waals surface area contributed by atoms with Crippen LogP contribution in [0, 0.1) is 5.41 Å². The Morgan fingerprint density at radius 2 is 2.00 bits per heavy atom. The minimum Gasteiger partial charge on any atom is -0.269 e.